The van der Waals surface area contributed by atoms with Crippen LogP contribution in [0.1, 0.15) is 57.8 Å². The predicted molar refractivity (Wildman–Crippen MR) is 76.8 cm³/mol. The van der Waals surface area contributed by atoms with Crippen molar-refractivity contribution < 1.29 is 19.4 Å². The maximum Gasteiger partial charge on any atom is 0.303 e. The summed E-state index contributed by atoms with van der Waals surface area (Å²) in [6, 6.07) is 0.536. The number of amides is 1. The summed E-state index contributed by atoms with van der Waals surface area (Å²) in [7, 11) is 0. The van der Waals surface area contributed by atoms with E-state index in [2.05, 4.69) is 4.90 Å². The number of piperidine rings is 1. The number of rotatable bonds is 4. The van der Waals surface area contributed by atoms with Crippen molar-refractivity contribution in [2.75, 3.05) is 6.61 Å². The van der Waals surface area contributed by atoms with E-state index < -0.39 is 5.97 Å². The van der Waals surface area contributed by atoms with Gasteiger partial charge in [-0.2, -0.15) is 0 Å². The van der Waals surface area contributed by atoms with Crippen LogP contribution in [0.5, 0.6) is 0 Å². The first-order valence-corrected chi connectivity index (χ1v) is 8.28. The van der Waals surface area contributed by atoms with Crippen molar-refractivity contribution >= 4 is 11.9 Å². The van der Waals surface area contributed by atoms with E-state index in [0.717, 1.165) is 51.6 Å². The first-order chi connectivity index (χ1) is 10.1. The highest BCUT2D eigenvalue weighted by Crippen LogP contribution is 2.40. The number of nitrogens with zero attached hydrogens (tertiary/aromatic N) is 1. The lowest BCUT2D eigenvalue weighted by atomic mass is 9.88. The maximum absolute atomic E-state index is 12.6. The fraction of sp³-hybridized carbons (Fsp3) is 0.875. The van der Waals surface area contributed by atoms with E-state index >= 15 is 0 Å². The first kappa shape index (κ1) is 14.8. The summed E-state index contributed by atoms with van der Waals surface area (Å²) in [5.41, 5.74) is 0. The quantitative estimate of drug-likeness (QED) is 0.863. The summed E-state index contributed by atoms with van der Waals surface area (Å²) in [5.74, 6) is -0.243. The average Bonchev–Trinajstić information content (AvgIpc) is 2.71. The van der Waals surface area contributed by atoms with Gasteiger partial charge < -0.3 is 14.7 Å². The number of carbonyl (C=O) groups is 2. The average molecular weight is 295 g/mol. The van der Waals surface area contributed by atoms with Crippen LogP contribution in [0.25, 0.3) is 0 Å². The van der Waals surface area contributed by atoms with E-state index in [4.69, 9.17) is 9.84 Å². The number of carboxylic acid groups (broad SMARTS) is 1. The molecule has 21 heavy (non-hydrogen) atoms. The molecule has 3 atom stereocenters. The Labute approximate surface area is 125 Å². The topological polar surface area (TPSA) is 66.8 Å². The second-order valence-electron chi connectivity index (χ2n) is 6.81. The van der Waals surface area contributed by atoms with Gasteiger partial charge >= 0.3 is 5.97 Å². The summed E-state index contributed by atoms with van der Waals surface area (Å²) in [5, 5.41) is 8.95. The van der Waals surface area contributed by atoms with Crippen molar-refractivity contribution in [2.24, 2.45) is 5.92 Å². The Balaban J connectivity index is 1.56. The lowest BCUT2D eigenvalue weighted by Gasteiger charge is -2.39. The second-order valence-corrected chi connectivity index (χ2v) is 6.81. The number of carboxylic acids is 1. The smallest absolute Gasteiger partial charge is 0.303 e. The Morgan fingerprint density at radius 2 is 1.76 bits per heavy atom. The lowest BCUT2D eigenvalue weighted by molar-refractivity contribution is -0.141. The summed E-state index contributed by atoms with van der Waals surface area (Å²) in [4.78, 5) is 25.5. The molecule has 118 valence electrons. The number of hydrogen-bond acceptors (Lipinski definition) is 3. The minimum Gasteiger partial charge on any atom is -0.481 e. The molecular formula is C16H25NO4. The maximum atomic E-state index is 12.6. The zero-order valence-corrected chi connectivity index (χ0v) is 12.5. The van der Waals surface area contributed by atoms with Gasteiger partial charge in [-0.15, -0.1) is 0 Å². The van der Waals surface area contributed by atoms with Crippen molar-refractivity contribution in [2.45, 2.75) is 76.0 Å². The van der Waals surface area contributed by atoms with Crippen LogP contribution in [0.3, 0.4) is 0 Å². The standard InChI is InChI=1S/C16H25NO4/c18-15(10-14-3-1-2-6-21-14)17-12-4-5-13(17)8-11(7-12)9-16(19)20/h11-14H,1-10H2,(H,19,20). The molecule has 0 radical (unpaired) electrons. The molecule has 0 aliphatic carbocycles. The van der Waals surface area contributed by atoms with Gasteiger partial charge in [0.15, 0.2) is 0 Å². The molecule has 3 aliphatic rings. The van der Waals surface area contributed by atoms with Crippen LogP contribution < -0.4 is 0 Å². The van der Waals surface area contributed by atoms with E-state index in [1.54, 1.807) is 0 Å². The third kappa shape index (κ3) is 3.39. The molecular weight excluding hydrogens is 270 g/mol. The molecule has 3 saturated heterocycles. The Morgan fingerprint density at radius 3 is 2.33 bits per heavy atom. The van der Waals surface area contributed by atoms with Gasteiger partial charge in [-0.3, -0.25) is 9.59 Å². The Kier molecular flexibility index (Phi) is 4.48. The van der Waals surface area contributed by atoms with E-state index in [1.807, 2.05) is 0 Å². The molecule has 0 aromatic rings. The number of carbonyl (C=O) groups excluding carboxylic acids is 1. The van der Waals surface area contributed by atoms with Crippen molar-refractivity contribution in [1.29, 1.82) is 0 Å². The van der Waals surface area contributed by atoms with Crippen LogP contribution >= 0.6 is 0 Å². The zero-order valence-electron chi connectivity index (χ0n) is 12.5. The third-order valence-electron chi connectivity index (χ3n) is 5.26. The van der Waals surface area contributed by atoms with Crippen molar-refractivity contribution in [3.8, 4) is 0 Å². The molecule has 0 spiro atoms. The minimum absolute atomic E-state index is 0.0994. The molecule has 2 bridgehead atoms. The Hall–Kier alpha value is -1.10. The molecule has 3 heterocycles. The summed E-state index contributed by atoms with van der Waals surface area (Å²) >= 11 is 0. The van der Waals surface area contributed by atoms with E-state index in [-0.39, 0.29) is 36.4 Å². The summed E-state index contributed by atoms with van der Waals surface area (Å²) < 4.78 is 5.68. The van der Waals surface area contributed by atoms with Crippen LogP contribution in [-0.4, -0.2) is 46.7 Å². The van der Waals surface area contributed by atoms with Crippen molar-refractivity contribution in [1.82, 2.24) is 4.90 Å². The van der Waals surface area contributed by atoms with Crippen LogP contribution in [0.15, 0.2) is 0 Å². The van der Waals surface area contributed by atoms with Crippen LogP contribution in [0.4, 0.5) is 0 Å². The monoisotopic (exact) mass is 295 g/mol. The fourth-order valence-electron chi connectivity index (χ4n) is 4.38. The van der Waals surface area contributed by atoms with Gasteiger partial charge in [-0.25, -0.2) is 0 Å². The van der Waals surface area contributed by atoms with Gasteiger partial charge in [0.05, 0.1) is 12.5 Å². The van der Waals surface area contributed by atoms with Gasteiger partial charge in [0.1, 0.15) is 0 Å². The fourth-order valence-corrected chi connectivity index (χ4v) is 4.38. The number of aliphatic carboxylic acids is 1. The van der Waals surface area contributed by atoms with Crippen molar-refractivity contribution in [3.63, 3.8) is 0 Å². The predicted octanol–water partition coefficient (Wildman–Crippen LogP) is 2.19. The summed E-state index contributed by atoms with van der Waals surface area (Å²) in [6.07, 6.45) is 7.92. The SMILES string of the molecule is O=C(O)CC1CC2CCC(C1)N2C(=O)CC1CCCCO1. The molecule has 0 saturated carbocycles. The highest BCUT2D eigenvalue weighted by atomic mass is 16.5. The highest BCUT2D eigenvalue weighted by Gasteiger charge is 2.43. The van der Waals surface area contributed by atoms with Gasteiger partial charge in [0.2, 0.25) is 5.91 Å². The molecule has 5 nitrogen and oxygen atoms in total. The molecule has 0 aromatic carbocycles. The summed E-state index contributed by atoms with van der Waals surface area (Å²) in [6.45, 7) is 0.783. The molecule has 3 rings (SSSR count). The molecule has 1 amide bonds. The second kappa shape index (κ2) is 6.34. The van der Waals surface area contributed by atoms with Gasteiger partial charge in [0, 0.05) is 25.1 Å². The van der Waals surface area contributed by atoms with E-state index in [9.17, 15) is 9.59 Å². The first-order valence-electron chi connectivity index (χ1n) is 8.28. The molecule has 1 N–H and O–H groups in total. The highest BCUT2D eigenvalue weighted by molar-refractivity contribution is 5.78. The largest absolute Gasteiger partial charge is 0.481 e. The van der Waals surface area contributed by atoms with Crippen LogP contribution in [-0.2, 0) is 14.3 Å². The molecule has 0 aromatic heterocycles. The van der Waals surface area contributed by atoms with Gasteiger partial charge in [-0.1, -0.05) is 0 Å². The van der Waals surface area contributed by atoms with Gasteiger partial charge in [0.25, 0.3) is 0 Å². The van der Waals surface area contributed by atoms with Crippen molar-refractivity contribution in [3.05, 3.63) is 0 Å². The number of hydrogen-bond donors (Lipinski definition) is 1. The molecule has 3 aliphatic heterocycles. The third-order valence-corrected chi connectivity index (χ3v) is 5.26. The van der Waals surface area contributed by atoms with Crippen LogP contribution in [0, 0.1) is 5.92 Å². The molecule has 3 fully saturated rings. The Bertz CT molecular complexity index is 391. The van der Waals surface area contributed by atoms with Gasteiger partial charge in [-0.05, 0) is 50.9 Å². The number of fused-ring (bicyclic) bond motifs is 2. The number of ether oxygens (including phenoxy) is 1. The normalized spacial score (nSPS) is 35.7. The Morgan fingerprint density at radius 1 is 1.05 bits per heavy atom. The van der Waals surface area contributed by atoms with E-state index in [1.165, 1.54) is 0 Å². The lowest BCUT2D eigenvalue weighted by Crippen LogP contribution is -2.48. The minimum atomic E-state index is -0.713. The zero-order chi connectivity index (χ0) is 14.8. The molecule has 3 unspecified atom stereocenters. The van der Waals surface area contributed by atoms with E-state index in [0.29, 0.717) is 6.42 Å². The molecule has 5 heteroatoms. The van der Waals surface area contributed by atoms with Crippen LogP contribution in [0.2, 0.25) is 0 Å².